The molecule has 1 fully saturated rings. The molecule has 0 spiro atoms. The van der Waals surface area contributed by atoms with Crippen molar-refractivity contribution < 1.29 is 22.4 Å². The molecule has 1 aliphatic carbocycles. The molecule has 6 nitrogen and oxygen atoms in total. The number of nitrogens with one attached hydrogen (secondary N) is 2. The Morgan fingerprint density at radius 3 is 2.19 bits per heavy atom. The van der Waals surface area contributed by atoms with Gasteiger partial charge in [-0.25, -0.2) is 17.5 Å². The van der Waals surface area contributed by atoms with Crippen LogP contribution in [0, 0.1) is 5.82 Å². The van der Waals surface area contributed by atoms with Gasteiger partial charge in [-0.3, -0.25) is 9.59 Å². The Labute approximate surface area is 182 Å². The zero-order chi connectivity index (χ0) is 22.5. The van der Waals surface area contributed by atoms with Gasteiger partial charge in [0, 0.05) is 30.5 Å². The highest BCUT2D eigenvalue weighted by molar-refractivity contribution is 7.89. The topological polar surface area (TPSA) is 92.3 Å². The van der Waals surface area contributed by atoms with Crippen molar-refractivity contribution in [2.75, 3.05) is 13.1 Å². The first-order valence-corrected chi connectivity index (χ1v) is 11.8. The second-order valence-electron chi connectivity index (χ2n) is 8.00. The molecule has 3 rings (SSSR count). The number of hydrogen-bond acceptors (Lipinski definition) is 4. The van der Waals surface area contributed by atoms with E-state index in [1.165, 1.54) is 43.3 Å². The van der Waals surface area contributed by atoms with Crippen molar-refractivity contribution in [2.45, 2.75) is 49.3 Å². The first-order valence-electron chi connectivity index (χ1n) is 10.4. The summed E-state index contributed by atoms with van der Waals surface area (Å²) in [5.74, 6) is -0.679. The minimum Gasteiger partial charge on any atom is -0.355 e. The van der Waals surface area contributed by atoms with Gasteiger partial charge in [0.2, 0.25) is 15.9 Å². The number of halogens is 1. The summed E-state index contributed by atoms with van der Waals surface area (Å²) >= 11 is 0. The maximum Gasteiger partial charge on any atom is 0.240 e. The third-order valence-corrected chi connectivity index (χ3v) is 7.33. The van der Waals surface area contributed by atoms with Gasteiger partial charge < -0.3 is 5.32 Å². The average molecular weight is 447 g/mol. The van der Waals surface area contributed by atoms with E-state index in [-0.39, 0.29) is 40.8 Å². The monoisotopic (exact) mass is 446 g/mol. The second kappa shape index (κ2) is 9.70. The van der Waals surface area contributed by atoms with Crippen molar-refractivity contribution in [3.05, 3.63) is 65.5 Å². The summed E-state index contributed by atoms with van der Waals surface area (Å²) in [5, 5.41) is 2.92. The van der Waals surface area contributed by atoms with Gasteiger partial charge in [-0.2, -0.15) is 0 Å². The lowest BCUT2D eigenvalue weighted by Gasteiger charge is -2.30. The maximum absolute atomic E-state index is 13.3. The van der Waals surface area contributed by atoms with Crippen molar-refractivity contribution in [3.8, 4) is 0 Å². The van der Waals surface area contributed by atoms with E-state index in [9.17, 15) is 22.4 Å². The fourth-order valence-corrected chi connectivity index (χ4v) is 5.06. The molecular weight excluding hydrogens is 419 g/mol. The Balaban J connectivity index is 1.52. The Kier molecular flexibility index (Phi) is 7.23. The molecule has 166 valence electrons. The highest BCUT2D eigenvalue weighted by Crippen LogP contribution is 2.40. The van der Waals surface area contributed by atoms with Crippen LogP contribution in [-0.2, 0) is 20.2 Å². The maximum atomic E-state index is 13.3. The number of ketones is 1. The Bertz CT molecular complexity index is 1030. The lowest BCUT2D eigenvalue weighted by atomic mass is 9.79. The largest absolute Gasteiger partial charge is 0.355 e. The number of rotatable bonds is 9. The molecule has 8 heteroatoms. The molecule has 2 N–H and O–H groups in total. The van der Waals surface area contributed by atoms with E-state index >= 15 is 0 Å². The fraction of sp³-hybridized carbons (Fsp3) is 0.391. The Morgan fingerprint density at radius 2 is 1.61 bits per heavy atom. The van der Waals surface area contributed by atoms with Crippen LogP contribution in [0.3, 0.4) is 0 Å². The molecule has 0 aliphatic heterocycles. The number of benzene rings is 2. The van der Waals surface area contributed by atoms with Crippen molar-refractivity contribution >= 4 is 21.7 Å². The van der Waals surface area contributed by atoms with Crippen molar-refractivity contribution in [2.24, 2.45) is 0 Å². The molecule has 2 aromatic carbocycles. The quantitative estimate of drug-likeness (QED) is 0.578. The van der Waals surface area contributed by atoms with Crippen LogP contribution in [0.15, 0.2) is 53.4 Å². The van der Waals surface area contributed by atoms with E-state index in [2.05, 4.69) is 10.0 Å². The van der Waals surface area contributed by atoms with Gasteiger partial charge in [0.05, 0.1) is 4.90 Å². The lowest BCUT2D eigenvalue weighted by Crippen LogP contribution is -2.40. The van der Waals surface area contributed by atoms with Crippen LogP contribution in [0.4, 0.5) is 4.39 Å². The Hall–Kier alpha value is -2.58. The first kappa shape index (κ1) is 23.1. The normalized spacial score (nSPS) is 15.5. The highest BCUT2D eigenvalue weighted by Gasteiger charge is 2.35. The third-order valence-electron chi connectivity index (χ3n) is 5.86. The molecule has 1 aliphatic rings. The number of amides is 1. The minimum absolute atomic E-state index is 0.00422. The number of Topliss-reactive ketones (excluding diaryl/α,β-unsaturated/α-hetero) is 1. The van der Waals surface area contributed by atoms with Crippen LogP contribution >= 0.6 is 0 Å². The Morgan fingerprint density at radius 1 is 1.00 bits per heavy atom. The van der Waals surface area contributed by atoms with Gasteiger partial charge >= 0.3 is 0 Å². The fourth-order valence-electron chi connectivity index (χ4n) is 4.03. The number of hydrogen-bond donors (Lipinski definition) is 2. The first-order chi connectivity index (χ1) is 14.7. The van der Waals surface area contributed by atoms with Gasteiger partial charge in [-0.15, -0.1) is 0 Å². The van der Waals surface area contributed by atoms with Gasteiger partial charge in [-0.1, -0.05) is 37.1 Å². The summed E-state index contributed by atoms with van der Waals surface area (Å²) < 4.78 is 40.4. The molecule has 1 saturated carbocycles. The predicted octanol–water partition coefficient (Wildman–Crippen LogP) is 3.32. The van der Waals surface area contributed by atoms with E-state index in [1.807, 2.05) is 0 Å². The van der Waals surface area contributed by atoms with Crippen LogP contribution in [-0.4, -0.2) is 33.2 Å². The van der Waals surface area contributed by atoms with E-state index in [0.717, 1.165) is 31.2 Å². The van der Waals surface area contributed by atoms with Crippen LogP contribution < -0.4 is 10.0 Å². The van der Waals surface area contributed by atoms with Crippen molar-refractivity contribution in [1.82, 2.24) is 10.0 Å². The molecule has 0 unspecified atom stereocenters. The highest BCUT2D eigenvalue weighted by atomic mass is 32.2. The molecule has 1 amide bonds. The predicted molar refractivity (Wildman–Crippen MR) is 116 cm³/mol. The molecule has 0 radical (unpaired) electrons. The lowest BCUT2D eigenvalue weighted by molar-refractivity contribution is -0.121. The molecule has 0 bridgehead atoms. The molecule has 0 atom stereocenters. The molecule has 0 aromatic heterocycles. The van der Waals surface area contributed by atoms with Crippen molar-refractivity contribution in [3.63, 3.8) is 0 Å². The second-order valence-corrected chi connectivity index (χ2v) is 9.77. The van der Waals surface area contributed by atoms with Crippen LogP contribution in [0.1, 0.15) is 54.9 Å². The van der Waals surface area contributed by atoms with Gasteiger partial charge in [0.1, 0.15) is 5.82 Å². The third kappa shape index (κ3) is 5.77. The average Bonchev–Trinajstić information content (AvgIpc) is 3.23. The standard InChI is InChI=1S/C23H27FN2O4S/c1-17(27)18-4-10-21(11-5-18)31(29,30)26-15-12-22(28)25-16-23(13-2-3-14-23)19-6-8-20(24)9-7-19/h4-11,26H,2-3,12-16H2,1H3,(H,25,28). The molecule has 31 heavy (non-hydrogen) atoms. The molecule has 0 saturated heterocycles. The van der Waals surface area contributed by atoms with E-state index in [4.69, 9.17) is 0 Å². The van der Waals surface area contributed by atoms with E-state index in [0.29, 0.717) is 12.1 Å². The molecule has 2 aromatic rings. The summed E-state index contributed by atoms with van der Waals surface area (Å²) in [5.41, 5.74) is 1.24. The van der Waals surface area contributed by atoms with Crippen LogP contribution in [0.2, 0.25) is 0 Å². The molecular formula is C23H27FN2O4S. The molecule has 0 heterocycles. The number of sulfonamides is 1. The summed E-state index contributed by atoms with van der Waals surface area (Å²) in [6, 6.07) is 12.1. The van der Waals surface area contributed by atoms with E-state index < -0.39 is 10.0 Å². The van der Waals surface area contributed by atoms with Crippen molar-refractivity contribution in [1.29, 1.82) is 0 Å². The van der Waals surface area contributed by atoms with Gasteiger partial charge in [-0.05, 0) is 49.6 Å². The van der Waals surface area contributed by atoms with Gasteiger partial charge in [0.15, 0.2) is 5.78 Å². The summed E-state index contributed by atoms with van der Waals surface area (Å²) in [7, 11) is -3.76. The number of carbonyl (C=O) groups excluding carboxylic acids is 2. The number of carbonyl (C=O) groups is 2. The van der Waals surface area contributed by atoms with E-state index in [1.54, 1.807) is 12.1 Å². The smallest absolute Gasteiger partial charge is 0.240 e. The SMILES string of the molecule is CC(=O)c1ccc(S(=O)(=O)NCCC(=O)NCC2(c3ccc(F)cc3)CCCC2)cc1. The van der Waals surface area contributed by atoms with Gasteiger partial charge in [0.25, 0.3) is 0 Å². The summed E-state index contributed by atoms with van der Waals surface area (Å²) in [6.45, 7) is 1.81. The zero-order valence-corrected chi connectivity index (χ0v) is 18.3. The minimum atomic E-state index is -3.76. The zero-order valence-electron chi connectivity index (χ0n) is 17.5. The van der Waals surface area contributed by atoms with Crippen LogP contribution in [0.25, 0.3) is 0 Å². The summed E-state index contributed by atoms with van der Waals surface area (Å²) in [4.78, 5) is 23.7. The summed E-state index contributed by atoms with van der Waals surface area (Å²) in [6.07, 6.45) is 3.94. The van der Waals surface area contributed by atoms with Crippen LogP contribution in [0.5, 0.6) is 0 Å².